The lowest BCUT2D eigenvalue weighted by atomic mass is 9.86. The van der Waals surface area contributed by atoms with Gasteiger partial charge < -0.3 is 15.7 Å². The van der Waals surface area contributed by atoms with Gasteiger partial charge in [0.15, 0.2) is 0 Å². The van der Waals surface area contributed by atoms with Crippen molar-refractivity contribution in [3.63, 3.8) is 0 Å². The number of amides is 1. The molecule has 0 bridgehead atoms. The average molecular weight is 355 g/mol. The van der Waals surface area contributed by atoms with Crippen LogP contribution in [-0.2, 0) is 10.2 Å². The van der Waals surface area contributed by atoms with Crippen LogP contribution in [-0.4, -0.2) is 30.6 Å². The van der Waals surface area contributed by atoms with Crippen LogP contribution in [0.2, 0.25) is 0 Å². The summed E-state index contributed by atoms with van der Waals surface area (Å²) in [6.07, 6.45) is 1.98. The molecule has 0 aliphatic carbocycles. The first-order valence-electron chi connectivity index (χ1n) is 8.62. The highest BCUT2D eigenvalue weighted by atomic mass is 35.5. The van der Waals surface area contributed by atoms with Crippen LogP contribution >= 0.6 is 12.4 Å². The van der Waals surface area contributed by atoms with Crippen molar-refractivity contribution in [2.75, 3.05) is 19.6 Å². The van der Waals surface area contributed by atoms with Crippen molar-refractivity contribution in [2.45, 2.75) is 51.6 Å². The van der Waals surface area contributed by atoms with Crippen molar-refractivity contribution in [2.24, 2.45) is 5.92 Å². The van der Waals surface area contributed by atoms with Gasteiger partial charge in [-0.2, -0.15) is 0 Å². The van der Waals surface area contributed by atoms with Gasteiger partial charge in [-0.15, -0.1) is 12.4 Å². The summed E-state index contributed by atoms with van der Waals surface area (Å²) in [5.74, 6) is 0.651. The number of benzene rings is 1. The van der Waals surface area contributed by atoms with E-state index in [2.05, 4.69) is 31.4 Å². The molecule has 1 saturated heterocycles. The van der Waals surface area contributed by atoms with Crippen LogP contribution in [0, 0.1) is 5.92 Å². The molecule has 0 spiro atoms. The number of carbonyl (C=O) groups is 1. The molecule has 1 aliphatic rings. The van der Waals surface area contributed by atoms with Gasteiger partial charge in [0.25, 0.3) is 0 Å². The Kier molecular flexibility index (Phi) is 8.20. The molecule has 0 aromatic heterocycles. The zero-order valence-corrected chi connectivity index (χ0v) is 15.8. The molecule has 1 fully saturated rings. The van der Waals surface area contributed by atoms with Gasteiger partial charge in [-0.1, -0.05) is 45.0 Å². The van der Waals surface area contributed by atoms with E-state index in [9.17, 15) is 9.90 Å². The number of hydrogen-bond acceptors (Lipinski definition) is 3. The third-order valence-electron chi connectivity index (χ3n) is 4.60. The van der Waals surface area contributed by atoms with Crippen molar-refractivity contribution < 1.29 is 9.90 Å². The first-order chi connectivity index (χ1) is 10.9. The lowest BCUT2D eigenvalue weighted by molar-refractivity contribution is -0.121. The molecule has 24 heavy (non-hydrogen) atoms. The minimum atomic E-state index is -0.652. The Balaban J connectivity index is 0.00000288. The summed E-state index contributed by atoms with van der Waals surface area (Å²) in [5, 5.41) is 16.4. The van der Waals surface area contributed by atoms with Crippen LogP contribution in [0.25, 0.3) is 0 Å². The Morgan fingerprint density at radius 1 is 1.33 bits per heavy atom. The van der Waals surface area contributed by atoms with E-state index in [1.54, 1.807) is 0 Å². The first kappa shape index (κ1) is 20.9. The van der Waals surface area contributed by atoms with Crippen LogP contribution in [0.1, 0.15) is 57.3 Å². The molecule has 2 unspecified atom stereocenters. The molecule has 1 aromatic carbocycles. The lowest BCUT2D eigenvalue weighted by Gasteiger charge is -2.20. The normalized spacial score (nSPS) is 18.8. The maximum absolute atomic E-state index is 11.9. The van der Waals surface area contributed by atoms with E-state index < -0.39 is 6.10 Å². The Morgan fingerprint density at radius 2 is 2.00 bits per heavy atom. The van der Waals surface area contributed by atoms with Crippen LogP contribution in [0.15, 0.2) is 24.3 Å². The van der Waals surface area contributed by atoms with E-state index in [0.717, 1.165) is 31.5 Å². The Bertz CT molecular complexity index is 505. The fraction of sp³-hybridized carbons (Fsp3) is 0.632. The summed E-state index contributed by atoms with van der Waals surface area (Å²) in [6.45, 7) is 8.86. The van der Waals surface area contributed by atoms with Gasteiger partial charge in [0, 0.05) is 13.0 Å². The molecule has 0 radical (unpaired) electrons. The minimum Gasteiger partial charge on any atom is -0.387 e. The highest BCUT2D eigenvalue weighted by Gasteiger charge is 2.17. The summed E-state index contributed by atoms with van der Waals surface area (Å²) in [7, 11) is 0. The summed E-state index contributed by atoms with van der Waals surface area (Å²) in [5.41, 5.74) is 2.19. The summed E-state index contributed by atoms with van der Waals surface area (Å²) < 4.78 is 0. The number of aliphatic hydroxyl groups excluding tert-OH is 1. The Morgan fingerprint density at radius 3 is 2.54 bits per heavy atom. The molecule has 2 atom stereocenters. The molecule has 3 N–H and O–H groups in total. The van der Waals surface area contributed by atoms with Gasteiger partial charge in [0.2, 0.25) is 5.91 Å². The van der Waals surface area contributed by atoms with E-state index in [0.29, 0.717) is 12.3 Å². The molecule has 1 aromatic rings. The van der Waals surface area contributed by atoms with Gasteiger partial charge in [-0.3, -0.25) is 4.79 Å². The third-order valence-corrected chi connectivity index (χ3v) is 4.60. The molecule has 1 amide bonds. The van der Waals surface area contributed by atoms with Gasteiger partial charge in [0.05, 0.1) is 6.10 Å². The standard InChI is InChI=1S/C19H30N2O2.ClH/c1-19(2,3)16-7-5-15(6-8-16)17(22)13-21-18(23)9-4-14-10-11-20-12-14;/h5-8,14,17,20,22H,4,9-13H2,1-3H3,(H,21,23);1H. The van der Waals surface area contributed by atoms with E-state index in [4.69, 9.17) is 0 Å². The number of aliphatic hydroxyl groups is 1. The zero-order chi connectivity index (χ0) is 16.9. The third kappa shape index (κ3) is 6.42. The summed E-state index contributed by atoms with van der Waals surface area (Å²) in [6, 6.07) is 7.99. The van der Waals surface area contributed by atoms with Crippen molar-refractivity contribution in [3.05, 3.63) is 35.4 Å². The molecule has 0 saturated carbocycles. The maximum Gasteiger partial charge on any atom is 0.220 e. The molecule has 1 aliphatic heterocycles. The molecule has 2 rings (SSSR count). The predicted octanol–water partition coefficient (Wildman–Crippen LogP) is 2.95. The van der Waals surface area contributed by atoms with Crippen LogP contribution in [0.4, 0.5) is 0 Å². The van der Waals surface area contributed by atoms with Crippen molar-refractivity contribution in [1.82, 2.24) is 10.6 Å². The quantitative estimate of drug-likeness (QED) is 0.736. The maximum atomic E-state index is 11.9. The highest BCUT2D eigenvalue weighted by molar-refractivity contribution is 5.85. The monoisotopic (exact) mass is 354 g/mol. The van der Waals surface area contributed by atoms with E-state index >= 15 is 0 Å². The average Bonchev–Trinajstić information content (AvgIpc) is 3.03. The first-order valence-corrected chi connectivity index (χ1v) is 8.62. The van der Waals surface area contributed by atoms with Gasteiger partial charge in [-0.05, 0) is 48.4 Å². The zero-order valence-electron chi connectivity index (χ0n) is 15.0. The molecular weight excluding hydrogens is 324 g/mol. The second-order valence-corrected chi connectivity index (χ2v) is 7.59. The largest absolute Gasteiger partial charge is 0.387 e. The Hall–Kier alpha value is -1.10. The van der Waals surface area contributed by atoms with Crippen molar-refractivity contribution in [3.8, 4) is 0 Å². The lowest BCUT2D eigenvalue weighted by Crippen LogP contribution is -2.28. The van der Waals surface area contributed by atoms with E-state index in [-0.39, 0.29) is 30.3 Å². The number of carbonyl (C=O) groups excluding carboxylic acids is 1. The van der Waals surface area contributed by atoms with Gasteiger partial charge in [-0.25, -0.2) is 0 Å². The smallest absolute Gasteiger partial charge is 0.220 e. The van der Waals surface area contributed by atoms with E-state index in [1.165, 1.54) is 5.56 Å². The number of halogens is 1. The highest BCUT2D eigenvalue weighted by Crippen LogP contribution is 2.23. The summed E-state index contributed by atoms with van der Waals surface area (Å²) in [4.78, 5) is 11.9. The summed E-state index contributed by atoms with van der Waals surface area (Å²) >= 11 is 0. The number of nitrogens with one attached hydrogen (secondary N) is 2. The predicted molar refractivity (Wildman–Crippen MR) is 101 cm³/mol. The van der Waals surface area contributed by atoms with E-state index in [1.807, 2.05) is 24.3 Å². The SMILES string of the molecule is CC(C)(C)c1ccc(C(O)CNC(=O)CCC2CCNC2)cc1.Cl. The van der Waals surface area contributed by atoms with Gasteiger partial charge in [0.1, 0.15) is 0 Å². The molecule has 1 heterocycles. The van der Waals surface area contributed by atoms with Crippen LogP contribution in [0.3, 0.4) is 0 Å². The topological polar surface area (TPSA) is 61.4 Å². The number of hydrogen-bond donors (Lipinski definition) is 3. The Labute approximate surface area is 151 Å². The van der Waals surface area contributed by atoms with Crippen molar-refractivity contribution in [1.29, 1.82) is 0 Å². The van der Waals surface area contributed by atoms with Gasteiger partial charge >= 0.3 is 0 Å². The second kappa shape index (κ2) is 9.40. The van der Waals surface area contributed by atoms with Crippen LogP contribution in [0.5, 0.6) is 0 Å². The second-order valence-electron chi connectivity index (χ2n) is 7.59. The molecule has 4 nitrogen and oxygen atoms in total. The van der Waals surface area contributed by atoms with Crippen LogP contribution < -0.4 is 10.6 Å². The number of rotatable bonds is 6. The molecule has 136 valence electrons. The fourth-order valence-electron chi connectivity index (χ4n) is 2.92. The molecular formula is C19H31ClN2O2. The minimum absolute atomic E-state index is 0. The fourth-order valence-corrected chi connectivity index (χ4v) is 2.92. The molecule has 5 heteroatoms. The van der Waals surface area contributed by atoms with Crippen molar-refractivity contribution >= 4 is 18.3 Å².